The average molecular weight is 245 g/mol. The van der Waals surface area contributed by atoms with E-state index in [1.807, 2.05) is 0 Å². The number of halogens is 2. The number of esters is 1. The number of hydrazone groups is 1. The van der Waals surface area contributed by atoms with Crippen molar-refractivity contribution in [3.05, 3.63) is 29.0 Å². The Kier molecular flexibility index (Phi) is 4.72. The zero-order valence-electron chi connectivity index (χ0n) is 8.54. The maximum atomic E-state index is 13.3. The molecule has 0 amide bonds. The Morgan fingerprint density at radius 3 is 3.12 bits per heavy atom. The largest absolute Gasteiger partial charge is 0.462 e. The number of carbonyl (C=O) groups excluding carboxylic acids is 1. The van der Waals surface area contributed by atoms with Crippen molar-refractivity contribution in [2.75, 3.05) is 12.0 Å². The summed E-state index contributed by atoms with van der Waals surface area (Å²) in [7, 11) is 0. The van der Waals surface area contributed by atoms with Gasteiger partial charge in [0, 0.05) is 0 Å². The second-order valence-corrected chi connectivity index (χ2v) is 3.13. The Labute approximate surface area is 97.1 Å². The SMILES string of the molecule is CCOC(=O)C=NNc1cccc(Cl)c1F. The Morgan fingerprint density at radius 1 is 1.69 bits per heavy atom. The normalized spacial score (nSPS) is 10.4. The van der Waals surface area contributed by atoms with E-state index in [4.69, 9.17) is 11.6 Å². The van der Waals surface area contributed by atoms with Gasteiger partial charge in [0.15, 0.2) is 5.82 Å². The number of anilines is 1. The van der Waals surface area contributed by atoms with Crippen molar-refractivity contribution in [1.82, 2.24) is 0 Å². The van der Waals surface area contributed by atoms with Gasteiger partial charge in [0.1, 0.15) is 6.21 Å². The van der Waals surface area contributed by atoms with Crippen LogP contribution in [-0.2, 0) is 9.53 Å². The number of ether oxygens (including phenoxy) is 1. The third-order valence-corrected chi connectivity index (χ3v) is 1.89. The first-order valence-corrected chi connectivity index (χ1v) is 4.92. The highest BCUT2D eigenvalue weighted by molar-refractivity contribution is 6.31. The molecule has 0 atom stereocenters. The van der Waals surface area contributed by atoms with Crippen molar-refractivity contribution in [2.24, 2.45) is 5.10 Å². The van der Waals surface area contributed by atoms with Crippen molar-refractivity contribution in [3.63, 3.8) is 0 Å². The van der Waals surface area contributed by atoms with Gasteiger partial charge in [0.2, 0.25) is 0 Å². The summed E-state index contributed by atoms with van der Waals surface area (Å²) in [6.07, 6.45) is 0.920. The lowest BCUT2D eigenvalue weighted by Crippen LogP contribution is -2.06. The number of benzene rings is 1. The van der Waals surface area contributed by atoms with Crippen LogP contribution in [0.25, 0.3) is 0 Å². The van der Waals surface area contributed by atoms with E-state index >= 15 is 0 Å². The molecule has 1 rings (SSSR count). The van der Waals surface area contributed by atoms with Gasteiger partial charge in [-0.3, -0.25) is 5.43 Å². The van der Waals surface area contributed by atoms with Crippen LogP contribution in [0, 0.1) is 5.82 Å². The van der Waals surface area contributed by atoms with E-state index < -0.39 is 11.8 Å². The van der Waals surface area contributed by atoms with Crippen LogP contribution >= 0.6 is 11.6 Å². The minimum absolute atomic E-state index is 0.0173. The van der Waals surface area contributed by atoms with Crippen molar-refractivity contribution >= 4 is 29.5 Å². The summed E-state index contributed by atoms with van der Waals surface area (Å²) in [4.78, 5) is 10.9. The molecule has 1 aromatic carbocycles. The van der Waals surface area contributed by atoms with Gasteiger partial charge in [-0.2, -0.15) is 5.10 Å². The van der Waals surface area contributed by atoms with Gasteiger partial charge in [-0.15, -0.1) is 0 Å². The lowest BCUT2D eigenvalue weighted by atomic mass is 10.3. The first-order chi connectivity index (χ1) is 7.65. The fourth-order valence-corrected chi connectivity index (χ4v) is 1.10. The molecule has 16 heavy (non-hydrogen) atoms. The molecule has 1 N–H and O–H groups in total. The minimum atomic E-state index is -0.620. The Hall–Kier alpha value is -1.62. The fraction of sp³-hybridized carbons (Fsp3) is 0.200. The van der Waals surface area contributed by atoms with E-state index in [0.29, 0.717) is 0 Å². The number of hydrogen-bond donors (Lipinski definition) is 1. The summed E-state index contributed by atoms with van der Waals surface area (Å²) >= 11 is 5.55. The van der Waals surface area contributed by atoms with Crippen LogP contribution in [0.1, 0.15) is 6.92 Å². The van der Waals surface area contributed by atoms with Gasteiger partial charge in [-0.1, -0.05) is 17.7 Å². The summed E-state index contributed by atoms with van der Waals surface area (Å²) in [6, 6.07) is 4.43. The molecule has 0 bridgehead atoms. The van der Waals surface area contributed by atoms with E-state index in [0.717, 1.165) is 6.21 Å². The Balaban J connectivity index is 2.61. The van der Waals surface area contributed by atoms with E-state index in [1.54, 1.807) is 13.0 Å². The van der Waals surface area contributed by atoms with Gasteiger partial charge < -0.3 is 4.74 Å². The third-order valence-electron chi connectivity index (χ3n) is 1.59. The lowest BCUT2D eigenvalue weighted by Gasteiger charge is -2.02. The maximum absolute atomic E-state index is 13.3. The predicted molar refractivity (Wildman–Crippen MR) is 60.2 cm³/mol. The van der Waals surface area contributed by atoms with Gasteiger partial charge in [-0.05, 0) is 19.1 Å². The smallest absolute Gasteiger partial charge is 0.351 e. The quantitative estimate of drug-likeness (QED) is 0.503. The van der Waals surface area contributed by atoms with Crippen LogP contribution < -0.4 is 5.43 Å². The molecule has 0 aliphatic rings. The average Bonchev–Trinajstić information content (AvgIpc) is 2.25. The Morgan fingerprint density at radius 2 is 2.44 bits per heavy atom. The Bertz CT molecular complexity index is 410. The number of carbonyl (C=O) groups is 1. The molecule has 1 aromatic rings. The molecule has 0 saturated carbocycles. The molecule has 4 nitrogen and oxygen atoms in total. The molecular formula is C10H10ClFN2O2. The highest BCUT2D eigenvalue weighted by Crippen LogP contribution is 2.21. The molecule has 0 unspecified atom stereocenters. The van der Waals surface area contributed by atoms with Crippen molar-refractivity contribution < 1.29 is 13.9 Å². The molecule has 0 radical (unpaired) electrons. The van der Waals surface area contributed by atoms with E-state index in [1.165, 1.54) is 12.1 Å². The zero-order valence-corrected chi connectivity index (χ0v) is 9.29. The number of nitrogens with zero attached hydrogens (tertiary/aromatic N) is 1. The topological polar surface area (TPSA) is 50.7 Å². The molecule has 0 spiro atoms. The summed E-state index contributed by atoms with van der Waals surface area (Å²) in [5, 5.41) is 3.50. The summed E-state index contributed by atoms with van der Waals surface area (Å²) < 4.78 is 17.9. The van der Waals surface area contributed by atoms with Crippen LogP contribution in [0.3, 0.4) is 0 Å². The monoisotopic (exact) mass is 244 g/mol. The first-order valence-electron chi connectivity index (χ1n) is 4.55. The number of rotatable bonds is 4. The zero-order chi connectivity index (χ0) is 12.0. The fourth-order valence-electron chi connectivity index (χ4n) is 0.924. The molecule has 86 valence electrons. The van der Waals surface area contributed by atoms with Crippen molar-refractivity contribution in [3.8, 4) is 0 Å². The maximum Gasteiger partial charge on any atom is 0.351 e. The van der Waals surface area contributed by atoms with Crippen LogP contribution in [0.5, 0.6) is 0 Å². The van der Waals surface area contributed by atoms with E-state index in [-0.39, 0.29) is 17.3 Å². The second kappa shape index (κ2) is 6.07. The van der Waals surface area contributed by atoms with Gasteiger partial charge in [0.05, 0.1) is 17.3 Å². The van der Waals surface area contributed by atoms with Crippen molar-refractivity contribution in [1.29, 1.82) is 0 Å². The summed E-state index contributed by atoms with van der Waals surface area (Å²) in [6.45, 7) is 1.94. The van der Waals surface area contributed by atoms with Gasteiger partial charge in [-0.25, -0.2) is 9.18 Å². The van der Waals surface area contributed by atoms with Gasteiger partial charge in [0.25, 0.3) is 0 Å². The third kappa shape index (κ3) is 3.51. The van der Waals surface area contributed by atoms with Crippen molar-refractivity contribution in [2.45, 2.75) is 6.92 Å². The standard InChI is InChI=1S/C10H10ClFN2O2/c1-2-16-9(15)6-13-14-8-5-3-4-7(11)10(8)12/h3-6,14H,2H2,1H3. The molecule has 0 fully saturated rings. The number of nitrogens with one attached hydrogen (secondary N) is 1. The highest BCUT2D eigenvalue weighted by atomic mass is 35.5. The molecule has 6 heteroatoms. The van der Waals surface area contributed by atoms with E-state index in [2.05, 4.69) is 15.3 Å². The summed E-state index contributed by atoms with van der Waals surface area (Å²) in [5.74, 6) is -1.22. The second-order valence-electron chi connectivity index (χ2n) is 2.72. The molecule has 0 saturated heterocycles. The lowest BCUT2D eigenvalue weighted by molar-refractivity contribution is -0.134. The van der Waals surface area contributed by atoms with Crippen LogP contribution in [-0.4, -0.2) is 18.8 Å². The number of hydrogen-bond acceptors (Lipinski definition) is 4. The van der Waals surface area contributed by atoms with Gasteiger partial charge >= 0.3 is 5.97 Å². The first kappa shape index (κ1) is 12.4. The molecular weight excluding hydrogens is 235 g/mol. The van der Waals surface area contributed by atoms with E-state index in [9.17, 15) is 9.18 Å². The van der Waals surface area contributed by atoms with Crippen LogP contribution in [0.15, 0.2) is 23.3 Å². The molecule has 0 aliphatic carbocycles. The predicted octanol–water partition coefficient (Wildman–Crippen LogP) is 2.44. The van der Waals surface area contributed by atoms with Crippen LogP contribution in [0.2, 0.25) is 5.02 Å². The molecule has 0 heterocycles. The summed E-state index contributed by atoms with van der Waals surface area (Å²) in [5.41, 5.74) is 2.44. The van der Waals surface area contributed by atoms with Crippen LogP contribution in [0.4, 0.5) is 10.1 Å². The highest BCUT2D eigenvalue weighted by Gasteiger charge is 2.04. The molecule has 0 aromatic heterocycles. The minimum Gasteiger partial charge on any atom is -0.462 e. The molecule has 0 aliphatic heterocycles.